The molecule has 0 aliphatic heterocycles. The molecule has 0 aromatic heterocycles. The van der Waals surface area contributed by atoms with Crippen LogP contribution in [0, 0.1) is 5.92 Å². The first-order chi connectivity index (χ1) is 9.75. The van der Waals surface area contributed by atoms with Crippen molar-refractivity contribution in [3.05, 3.63) is 29.8 Å². The summed E-state index contributed by atoms with van der Waals surface area (Å²) in [5, 5.41) is 8.98. The van der Waals surface area contributed by atoms with E-state index >= 15 is 0 Å². The highest BCUT2D eigenvalue weighted by Crippen LogP contribution is 2.31. The molecule has 1 aromatic carbocycles. The first-order valence-corrected chi connectivity index (χ1v) is 6.90. The van der Waals surface area contributed by atoms with Crippen molar-refractivity contribution in [2.24, 2.45) is 5.92 Å². The third kappa shape index (κ3) is 5.28. The molecule has 21 heavy (non-hydrogen) atoms. The van der Waals surface area contributed by atoms with Crippen LogP contribution in [0.1, 0.15) is 32.3 Å². The number of hydrogen-bond acceptors (Lipinski definition) is 2. The molecule has 0 radical (unpaired) electrons. The summed E-state index contributed by atoms with van der Waals surface area (Å²) in [7, 11) is 0. The lowest BCUT2D eigenvalue weighted by Crippen LogP contribution is -2.32. The van der Waals surface area contributed by atoms with Gasteiger partial charge in [0.05, 0.1) is 11.5 Å². The Morgan fingerprint density at radius 3 is 2.57 bits per heavy atom. The fraction of sp³-hybridized carbons (Fsp3) is 0.533. The van der Waals surface area contributed by atoms with E-state index in [0.29, 0.717) is 12.2 Å². The van der Waals surface area contributed by atoms with Crippen molar-refractivity contribution in [2.45, 2.75) is 32.9 Å². The highest BCUT2D eigenvalue weighted by atomic mass is 19.4. The van der Waals surface area contributed by atoms with E-state index < -0.39 is 23.6 Å². The summed E-state index contributed by atoms with van der Waals surface area (Å²) >= 11 is 0. The molecule has 0 bridgehead atoms. The van der Waals surface area contributed by atoms with Crippen LogP contribution in [0.2, 0.25) is 0 Å². The number of anilines is 1. The maximum absolute atomic E-state index is 12.8. The molecule has 6 heteroatoms. The molecule has 1 N–H and O–H groups in total. The van der Waals surface area contributed by atoms with Gasteiger partial charge in [-0.15, -0.1) is 0 Å². The van der Waals surface area contributed by atoms with Gasteiger partial charge in [-0.05, 0) is 24.6 Å². The summed E-state index contributed by atoms with van der Waals surface area (Å²) in [6.45, 7) is 4.26. The van der Waals surface area contributed by atoms with Gasteiger partial charge < -0.3 is 10.0 Å². The number of carboxylic acids is 1. The first kappa shape index (κ1) is 17.3. The summed E-state index contributed by atoms with van der Waals surface area (Å²) in [6, 6.07) is 5.02. The molecule has 1 unspecified atom stereocenters. The minimum Gasteiger partial charge on any atom is -0.481 e. The number of carbonyl (C=O) groups is 1. The van der Waals surface area contributed by atoms with E-state index in [0.717, 1.165) is 25.0 Å². The number of carboxylic acid groups (broad SMARTS) is 1. The summed E-state index contributed by atoms with van der Waals surface area (Å²) in [5.74, 6) is -1.60. The molecule has 0 fully saturated rings. The Labute approximate surface area is 122 Å². The molecule has 0 aliphatic rings. The number of halogens is 3. The zero-order valence-corrected chi connectivity index (χ0v) is 12.2. The summed E-state index contributed by atoms with van der Waals surface area (Å²) in [4.78, 5) is 12.7. The van der Waals surface area contributed by atoms with Crippen LogP contribution in [0.25, 0.3) is 0 Å². The Kier molecular flexibility index (Phi) is 6.05. The lowest BCUT2D eigenvalue weighted by atomic mass is 10.1. The van der Waals surface area contributed by atoms with Crippen LogP contribution in [0.15, 0.2) is 24.3 Å². The lowest BCUT2D eigenvalue weighted by Gasteiger charge is -2.27. The molecule has 1 aromatic rings. The van der Waals surface area contributed by atoms with Crippen LogP contribution in [-0.4, -0.2) is 24.2 Å². The van der Waals surface area contributed by atoms with Gasteiger partial charge in [0, 0.05) is 18.8 Å². The lowest BCUT2D eigenvalue weighted by molar-refractivity contribution is -0.141. The van der Waals surface area contributed by atoms with Gasteiger partial charge in [-0.25, -0.2) is 0 Å². The summed E-state index contributed by atoms with van der Waals surface area (Å²) in [5.41, 5.74) is -0.309. The second-order valence-corrected chi connectivity index (χ2v) is 5.09. The normalized spacial score (nSPS) is 13.0. The van der Waals surface area contributed by atoms with E-state index in [4.69, 9.17) is 5.11 Å². The van der Waals surface area contributed by atoms with Crippen molar-refractivity contribution in [1.29, 1.82) is 0 Å². The zero-order valence-electron chi connectivity index (χ0n) is 12.2. The van der Waals surface area contributed by atoms with Gasteiger partial charge >= 0.3 is 12.1 Å². The van der Waals surface area contributed by atoms with Crippen molar-refractivity contribution in [2.75, 3.05) is 18.0 Å². The number of hydrogen-bond donors (Lipinski definition) is 1. The molecule has 1 atom stereocenters. The standard InChI is InChI=1S/C15H20F3NO2/c1-3-4-8-19(10-11(2)14(20)21)13-7-5-6-12(9-13)15(16,17)18/h5-7,9,11H,3-4,8,10H2,1-2H3,(H,20,21). The molecule has 118 valence electrons. The van der Waals surface area contributed by atoms with Crippen LogP contribution < -0.4 is 4.90 Å². The Morgan fingerprint density at radius 2 is 2.05 bits per heavy atom. The Hall–Kier alpha value is -1.72. The molecule has 3 nitrogen and oxygen atoms in total. The van der Waals surface area contributed by atoms with Crippen LogP contribution >= 0.6 is 0 Å². The largest absolute Gasteiger partial charge is 0.481 e. The van der Waals surface area contributed by atoms with Crippen LogP contribution in [-0.2, 0) is 11.0 Å². The molecule has 0 saturated carbocycles. The maximum Gasteiger partial charge on any atom is 0.416 e. The Bertz CT molecular complexity index is 474. The molecule has 0 saturated heterocycles. The van der Waals surface area contributed by atoms with E-state index in [1.807, 2.05) is 6.92 Å². The quantitative estimate of drug-likeness (QED) is 0.826. The summed E-state index contributed by atoms with van der Waals surface area (Å²) < 4.78 is 38.3. The van der Waals surface area contributed by atoms with Crippen molar-refractivity contribution in [3.8, 4) is 0 Å². The maximum atomic E-state index is 12.8. The fourth-order valence-electron chi connectivity index (χ4n) is 1.96. The third-order valence-corrected chi connectivity index (χ3v) is 3.24. The Morgan fingerprint density at radius 1 is 1.38 bits per heavy atom. The minimum atomic E-state index is -4.40. The van der Waals surface area contributed by atoms with E-state index in [-0.39, 0.29) is 6.54 Å². The number of nitrogens with zero attached hydrogens (tertiary/aromatic N) is 1. The molecular formula is C15H20F3NO2. The van der Waals surface area contributed by atoms with Gasteiger partial charge in [0.1, 0.15) is 0 Å². The van der Waals surface area contributed by atoms with Gasteiger partial charge in [-0.2, -0.15) is 13.2 Å². The Balaban J connectivity index is 2.99. The van der Waals surface area contributed by atoms with Gasteiger partial charge in [0.2, 0.25) is 0 Å². The molecule has 0 spiro atoms. The van der Waals surface area contributed by atoms with E-state index in [2.05, 4.69) is 0 Å². The summed E-state index contributed by atoms with van der Waals surface area (Å²) in [6.07, 6.45) is -2.72. The minimum absolute atomic E-state index is 0.191. The first-order valence-electron chi connectivity index (χ1n) is 6.90. The van der Waals surface area contributed by atoms with Crippen molar-refractivity contribution < 1.29 is 23.1 Å². The second kappa shape index (κ2) is 7.33. The number of rotatable bonds is 7. The van der Waals surface area contributed by atoms with Crippen molar-refractivity contribution in [1.82, 2.24) is 0 Å². The zero-order chi connectivity index (χ0) is 16.0. The number of unbranched alkanes of at least 4 members (excludes halogenated alkanes) is 1. The van der Waals surface area contributed by atoms with Gasteiger partial charge in [0.15, 0.2) is 0 Å². The van der Waals surface area contributed by atoms with Crippen molar-refractivity contribution in [3.63, 3.8) is 0 Å². The third-order valence-electron chi connectivity index (χ3n) is 3.24. The number of aliphatic carboxylic acids is 1. The monoisotopic (exact) mass is 303 g/mol. The van der Waals surface area contributed by atoms with Crippen LogP contribution in [0.4, 0.5) is 18.9 Å². The predicted octanol–water partition coefficient (Wildman–Crippen LogP) is 4.03. The topological polar surface area (TPSA) is 40.5 Å². The average molecular weight is 303 g/mol. The van der Waals surface area contributed by atoms with Crippen LogP contribution in [0.3, 0.4) is 0 Å². The van der Waals surface area contributed by atoms with Crippen molar-refractivity contribution >= 4 is 11.7 Å². The van der Waals surface area contributed by atoms with E-state index in [9.17, 15) is 18.0 Å². The van der Waals surface area contributed by atoms with Crippen LogP contribution in [0.5, 0.6) is 0 Å². The number of benzene rings is 1. The van der Waals surface area contributed by atoms with Gasteiger partial charge in [-0.1, -0.05) is 26.3 Å². The average Bonchev–Trinajstić information content (AvgIpc) is 2.42. The smallest absolute Gasteiger partial charge is 0.416 e. The molecular weight excluding hydrogens is 283 g/mol. The SMILES string of the molecule is CCCCN(CC(C)C(=O)O)c1cccc(C(F)(F)F)c1. The molecule has 0 heterocycles. The van der Waals surface area contributed by atoms with E-state index in [1.165, 1.54) is 6.07 Å². The number of alkyl halides is 3. The molecule has 0 amide bonds. The fourth-order valence-corrected chi connectivity index (χ4v) is 1.96. The second-order valence-electron chi connectivity index (χ2n) is 5.09. The highest BCUT2D eigenvalue weighted by molar-refractivity contribution is 5.70. The molecule has 1 rings (SSSR count). The predicted molar refractivity (Wildman–Crippen MR) is 75.4 cm³/mol. The van der Waals surface area contributed by atoms with E-state index in [1.54, 1.807) is 17.9 Å². The highest BCUT2D eigenvalue weighted by Gasteiger charge is 2.31. The van der Waals surface area contributed by atoms with Gasteiger partial charge in [-0.3, -0.25) is 4.79 Å². The van der Waals surface area contributed by atoms with Gasteiger partial charge in [0.25, 0.3) is 0 Å². The molecule has 0 aliphatic carbocycles.